The molecule has 1 aliphatic rings. The number of nitrogens with zero attached hydrogens (tertiary/aromatic N) is 2. The fourth-order valence-electron chi connectivity index (χ4n) is 2.39. The first kappa shape index (κ1) is 11.7. The Morgan fingerprint density at radius 1 is 1.44 bits per heavy atom. The molecule has 3 heteroatoms. The first-order valence-electron chi connectivity index (χ1n) is 6.06. The summed E-state index contributed by atoms with van der Waals surface area (Å²) >= 11 is 6.08. The summed E-state index contributed by atoms with van der Waals surface area (Å²) in [5, 5.41) is 0. The van der Waals surface area contributed by atoms with Crippen LogP contribution in [0, 0.1) is 6.92 Å². The van der Waals surface area contributed by atoms with E-state index in [-0.39, 0.29) is 0 Å². The Bertz CT molecular complexity index is 340. The molecule has 1 aromatic heterocycles. The fraction of sp³-hybridized carbons (Fsp3) is 0.615. The highest BCUT2D eigenvalue weighted by Gasteiger charge is 2.20. The lowest BCUT2D eigenvalue weighted by Gasteiger charge is -2.30. The number of pyridine rings is 1. The summed E-state index contributed by atoms with van der Waals surface area (Å²) in [7, 11) is 0. The van der Waals surface area contributed by atoms with Crippen molar-refractivity contribution in [1.82, 2.24) is 4.98 Å². The topological polar surface area (TPSA) is 16.1 Å². The van der Waals surface area contributed by atoms with Crippen molar-refractivity contribution in [3.05, 3.63) is 24.0 Å². The molecule has 1 atom stereocenters. The van der Waals surface area contributed by atoms with Gasteiger partial charge in [-0.3, -0.25) is 4.98 Å². The number of hydrogen-bond acceptors (Lipinski definition) is 2. The van der Waals surface area contributed by atoms with Crippen LogP contribution in [0.4, 0.5) is 5.69 Å². The second kappa shape index (κ2) is 5.53. The van der Waals surface area contributed by atoms with Crippen LogP contribution < -0.4 is 4.90 Å². The van der Waals surface area contributed by atoms with Gasteiger partial charge in [-0.2, -0.15) is 0 Å². The first-order valence-corrected chi connectivity index (χ1v) is 6.60. The maximum absolute atomic E-state index is 6.08. The molecule has 2 rings (SSSR count). The van der Waals surface area contributed by atoms with Crippen LogP contribution in [0.1, 0.15) is 31.4 Å². The number of hydrogen-bond donors (Lipinski definition) is 0. The van der Waals surface area contributed by atoms with Crippen LogP contribution in [0.3, 0.4) is 0 Å². The van der Waals surface area contributed by atoms with E-state index >= 15 is 0 Å². The molecule has 0 saturated carbocycles. The smallest absolute Gasteiger partial charge is 0.0427 e. The van der Waals surface area contributed by atoms with Gasteiger partial charge in [0.2, 0.25) is 0 Å². The van der Waals surface area contributed by atoms with Gasteiger partial charge in [0.25, 0.3) is 0 Å². The minimum absolute atomic E-state index is 0.492. The van der Waals surface area contributed by atoms with E-state index in [1.54, 1.807) is 0 Å². The highest BCUT2D eigenvalue weighted by atomic mass is 35.5. The van der Waals surface area contributed by atoms with Gasteiger partial charge in [0, 0.05) is 36.0 Å². The van der Waals surface area contributed by atoms with Crippen molar-refractivity contribution in [3.63, 3.8) is 0 Å². The predicted octanol–water partition coefficient (Wildman–Crippen LogP) is 3.38. The van der Waals surface area contributed by atoms with Crippen molar-refractivity contribution in [1.29, 1.82) is 0 Å². The summed E-state index contributed by atoms with van der Waals surface area (Å²) in [6.45, 7) is 3.16. The number of aryl methyl sites for hydroxylation is 1. The number of aromatic nitrogens is 1. The summed E-state index contributed by atoms with van der Waals surface area (Å²) in [4.78, 5) is 6.70. The minimum Gasteiger partial charge on any atom is -0.367 e. The van der Waals surface area contributed by atoms with Crippen molar-refractivity contribution in [3.8, 4) is 0 Å². The molecule has 1 aromatic rings. The molecule has 1 saturated heterocycles. The number of rotatable bonds is 2. The van der Waals surface area contributed by atoms with Gasteiger partial charge in [-0.05, 0) is 31.9 Å². The average Bonchev–Trinajstić information content (AvgIpc) is 2.53. The lowest BCUT2D eigenvalue weighted by molar-refractivity contribution is 0.620. The van der Waals surface area contributed by atoms with Crippen LogP contribution in [0.25, 0.3) is 0 Å². The van der Waals surface area contributed by atoms with Crippen LogP contribution >= 0.6 is 11.6 Å². The molecule has 0 radical (unpaired) electrons. The summed E-state index contributed by atoms with van der Waals surface area (Å²) in [6.07, 6.45) is 7.01. The molecule has 0 bridgehead atoms. The van der Waals surface area contributed by atoms with Crippen LogP contribution in [-0.2, 0) is 0 Å². The molecule has 1 unspecified atom stereocenters. The molecular weight excluding hydrogens is 220 g/mol. The molecule has 0 spiro atoms. The van der Waals surface area contributed by atoms with Gasteiger partial charge in [-0.1, -0.05) is 12.8 Å². The third-order valence-corrected chi connectivity index (χ3v) is 3.62. The average molecular weight is 239 g/mol. The summed E-state index contributed by atoms with van der Waals surface area (Å²) in [6, 6.07) is 4.74. The molecule has 2 heterocycles. The number of halogens is 1. The molecule has 88 valence electrons. The van der Waals surface area contributed by atoms with Gasteiger partial charge in [0.05, 0.1) is 0 Å². The number of anilines is 1. The van der Waals surface area contributed by atoms with E-state index in [0.717, 1.165) is 18.1 Å². The van der Waals surface area contributed by atoms with Crippen molar-refractivity contribution < 1.29 is 0 Å². The van der Waals surface area contributed by atoms with Crippen molar-refractivity contribution in [2.75, 3.05) is 17.3 Å². The Morgan fingerprint density at radius 3 is 3.06 bits per heavy atom. The second-order valence-electron chi connectivity index (χ2n) is 4.51. The predicted molar refractivity (Wildman–Crippen MR) is 69.3 cm³/mol. The first-order chi connectivity index (χ1) is 7.81. The van der Waals surface area contributed by atoms with Gasteiger partial charge in [0.15, 0.2) is 0 Å². The number of alkyl halides is 1. The van der Waals surface area contributed by atoms with Crippen molar-refractivity contribution in [2.24, 2.45) is 0 Å². The standard InChI is InChI=1S/C13H19ClN2/c1-11-9-12(6-7-15-11)16-8-4-2-3-5-13(16)10-14/h6-7,9,13H,2-5,8,10H2,1H3. The maximum atomic E-state index is 6.08. The third kappa shape index (κ3) is 2.67. The molecule has 1 aliphatic heterocycles. The van der Waals surface area contributed by atoms with Gasteiger partial charge < -0.3 is 4.90 Å². The molecule has 2 nitrogen and oxygen atoms in total. The van der Waals surface area contributed by atoms with Crippen LogP contribution in [0.2, 0.25) is 0 Å². The SMILES string of the molecule is Cc1cc(N2CCCCCC2CCl)ccn1. The fourth-order valence-corrected chi connectivity index (χ4v) is 2.71. The quantitative estimate of drug-likeness (QED) is 0.735. The monoisotopic (exact) mass is 238 g/mol. The molecule has 0 N–H and O–H groups in total. The Labute approximate surface area is 103 Å². The lowest BCUT2D eigenvalue weighted by atomic mass is 10.1. The summed E-state index contributed by atoms with van der Waals surface area (Å²) in [5.41, 5.74) is 2.36. The van der Waals surface area contributed by atoms with E-state index in [2.05, 4.69) is 22.0 Å². The van der Waals surface area contributed by atoms with Gasteiger partial charge >= 0.3 is 0 Å². The third-order valence-electron chi connectivity index (χ3n) is 3.27. The Hall–Kier alpha value is -0.760. The van der Waals surface area contributed by atoms with Crippen LogP contribution in [-0.4, -0.2) is 23.5 Å². The Balaban J connectivity index is 2.21. The molecule has 0 aliphatic carbocycles. The zero-order valence-electron chi connectivity index (χ0n) is 9.82. The largest absolute Gasteiger partial charge is 0.367 e. The highest BCUT2D eigenvalue weighted by molar-refractivity contribution is 6.18. The van der Waals surface area contributed by atoms with Crippen LogP contribution in [0.15, 0.2) is 18.3 Å². The molecule has 0 amide bonds. The van der Waals surface area contributed by atoms with Gasteiger partial charge in [-0.15, -0.1) is 11.6 Å². The molecule has 16 heavy (non-hydrogen) atoms. The summed E-state index contributed by atoms with van der Waals surface area (Å²) in [5.74, 6) is 0.724. The molecule has 1 fully saturated rings. The lowest BCUT2D eigenvalue weighted by Crippen LogP contribution is -2.36. The van der Waals surface area contributed by atoms with Crippen molar-refractivity contribution in [2.45, 2.75) is 38.6 Å². The molecule has 0 aromatic carbocycles. The van der Waals surface area contributed by atoms with E-state index in [1.165, 1.54) is 31.4 Å². The normalized spacial score (nSPS) is 21.9. The van der Waals surface area contributed by atoms with Gasteiger partial charge in [0.1, 0.15) is 0 Å². The van der Waals surface area contributed by atoms with Gasteiger partial charge in [-0.25, -0.2) is 0 Å². The van der Waals surface area contributed by atoms with E-state index in [1.807, 2.05) is 13.1 Å². The zero-order valence-corrected chi connectivity index (χ0v) is 10.6. The van der Waals surface area contributed by atoms with E-state index in [0.29, 0.717) is 6.04 Å². The van der Waals surface area contributed by atoms with Crippen LogP contribution in [0.5, 0.6) is 0 Å². The molecular formula is C13H19ClN2. The zero-order chi connectivity index (χ0) is 11.4. The highest BCUT2D eigenvalue weighted by Crippen LogP contribution is 2.24. The van der Waals surface area contributed by atoms with E-state index in [4.69, 9.17) is 11.6 Å². The van der Waals surface area contributed by atoms with E-state index in [9.17, 15) is 0 Å². The Morgan fingerprint density at radius 2 is 2.31 bits per heavy atom. The maximum Gasteiger partial charge on any atom is 0.0427 e. The van der Waals surface area contributed by atoms with Crippen molar-refractivity contribution >= 4 is 17.3 Å². The van der Waals surface area contributed by atoms with E-state index < -0.39 is 0 Å². The minimum atomic E-state index is 0.492. The Kier molecular flexibility index (Phi) is 4.05. The summed E-state index contributed by atoms with van der Waals surface area (Å²) < 4.78 is 0. The second-order valence-corrected chi connectivity index (χ2v) is 4.81.